The van der Waals surface area contributed by atoms with E-state index in [9.17, 15) is 4.79 Å². The van der Waals surface area contributed by atoms with Gasteiger partial charge in [0.15, 0.2) is 0 Å². The molecule has 1 amide bonds. The van der Waals surface area contributed by atoms with Gasteiger partial charge in [-0.15, -0.1) is 0 Å². The predicted octanol–water partition coefficient (Wildman–Crippen LogP) is -0.0980. The first kappa shape index (κ1) is 7.31. The van der Waals surface area contributed by atoms with E-state index in [2.05, 4.69) is 17.9 Å². The van der Waals surface area contributed by atoms with Crippen LogP contribution in [0.5, 0.6) is 0 Å². The molecule has 3 nitrogen and oxygen atoms in total. The van der Waals surface area contributed by atoms with Crippen molar-refractivity contribution in [3.63, 3.8) is 0 Å². The Labute approximate surface area is 53.1 Å². The Morgan fingerprint density at radius 1 is 2.00 bits per heavy atom. The van der Waals surface area contributed by atoms with Crippen molar-refractivity contribution in [1.29, 1.82) is 5.26 Å². The van der Waals surface area contributed by atoms with Crippen LogP contribution in [-0.2, 0) is 4.79 Å². The van der Waals surface area contributed by atoms with Crippen LogP contribution in [0.3, 0.4) is 0 Å². The van der Waals surface area contributed by atoms with E-state index in [4.69, 9.17) is 5.26 Å². The average Bonchev–Trinajstić information content (AvgIpc) is 1.68. The zero-order chi connectivity index (χ0) is 6.41. The molecule has 0 heterocycles. The van der Waals surface area contributed by atoms with Crippen molar-refractivity contribution in [2.45, 2.75) is 11.8 Å². The minimum absolute atomic E-state index is 0.238. The number of nitrogens with one attached hydrogen (secondary N) is 1. The molecule has 0 fully saturated rings. The summed E-state index contributed by atoms with van der Waals surface area (Å²) in [6.45, 7) is 0. The normalized spacial score (nSPS) is 11.5. The van der Waals surface area contributed by atoms with Crippen LogP contribution in [-0.4, -0.2) is 11.8 Å². The zero-order valence-corrected chi connectivity index (χ0v) is 5.06. The van der Waals surface area contributed by atoms with E-state index < -0.39 is 0 Å². The van der Waals surface area contributed by atoms with Gasteiger partial charge in [0.25, 0.3) is 0 Å². The second kappa shape index (κ2) is 4.47. The van der Waals surface area contributed by atoms with Gasteiger partial charge in [-0.05, 0) is 0 Å². The molecule has 8 heavy (non-hydrogen) atoms. The first-order chi connectivity index (χ1) is 3.81. The number of hydrogen-bond acceptors (Lipinski definition) is 3. The lowest BCUT2D eigenvalue weighted by atomic mass is 10.5. The van der Waals surface area contributed by atoms with Crippen LogP contribution in [0.2, 0.25) is 0 Å². The number of nitriles is 1. The third-order valence-electron chi connectivity index (χ3n) is 0.545. The lowest BCUT2D eigenvalue weighted by Gasteiger charge is -2.00. The number of thiol groups is 1. The van der Waals surface area contributed by atoms with Crippen LogP contribution in [0, 0.1) is 11.3 Å². The Bertz CT molecular complexity index is 109. The minimum Gasteiger partial charge on any atom is -0.346 e. The molecule has 0 aliphatic carbocycles. The molecule has 0 aliphatic rings. The number of nitrogens with zero attached hydrogens (tertiary/aromatic N) is 1. The molecular weight excluding hydrogens is 124 g/mol. The van der Waals surface area contributed by atoms with Crippen molar-refractivity contribution >= 4 is 19.0 Å². The molecule has 0 radical (unpaired) electrons. The molecule has 0 aliphatic heterocycles. The summed E-state index contributed by atoms with van der Waals surface area (Å²) in [6, 6.07) is 1.85. The summed E-state index contributed by atoms with van der Waals surface area (Å²) in [7, 11) is 0. The maximum atomic E-state index is 9.62. The number of rotatable bonds is 3. The Balaban J connectivity index is 3.20. The molecule has 44 valence electrons. The summed E-state index contributed by atoms with van der Waals surface area (Å²) >= 11 is 3.83. The van der Waals surface area contributed by atoms with Crippen molar-refractivity contribution in [1.82, 2.24) is 5.32 Å². The summed E-state index contributed by atoms with van der Waals surface area (Å²) in [5, 5.41) is 9.99. The SMILES string of the molecule is N#CCC(S)NC=O. The third-order valence-corrected chi connectivity index (χ3v) is 0.877. The second-order valence-electron chi connectivity index (χ2n) is 1.16. The van der Waals surface area contributed by atoms with Gasteiger partial charge in [0.1, 0.15) is 0 Å². The molecule has 0 aromatic heterocycles. The summed E-state index contributed by atoms with van der Waals surface area (Å²) < 4.78 is 0. The first-order valence-electron chi connectivity index (χ1n) is 2.06. The number of carbonyl (C=O) groups is 1. The van der Waals surface area contributed by atoms with E-state index in [0.29, 0.717) is 6.41 Å². The Morgan fingerprint density at radius 3 is 3.00 bits per heavy atom. The fraction of sp³-hybridized carbons (Fsp3) is 0.500. The summed E-state index contributed by atoms with van der Waals surface area (Å²) in [5.74, 6) is 0. The van der Waals surface area contributed by atoms with E-state index in [1.54, 1.807) is 0 Å². The van der Waals surface area contributed by atoms with Crippen molar-refractivity contribution < 1.29 is 4.79 Å². The van der Waals surface area contributed by atoms with E-state index in [-0.39, 0.29) is 11.8 Å². The van der Waals surface area contributed by atoms with E-state index in [1.165, 1.54) is 0 Å². The number of carbonyl (C=O) groups excluding carboxylic acids is 1. The van der Waals surface area contributed by atoms with Crippen molar-refractivity contribution in [3.8, 4) is 6.07 Å². The lowest BCUT2D eigenvalue weighted by Crippen LogP contribution is -2.20. The van der Waals surface area contributed by atoms with Crippen LogP contribution in [0.15, 0.2) is 0 Å². The van der Waals surface area contributed by atoms with Crippen molar-refractivity contribution in [2.24, 2.45) is 0 Å². The molecular formula is C4H6N2OS. The van der Waals surface area contributed by atoms with Crippen LogP contribution in [0.1, 0.15) is 6.42 Å². The standard InChI is InChI=1S/C4H6N2OS/c5-2-1-4(8)6-3-7/h3-4,8H,1H2,(H,6,7). The topological polar surface area (TPSA) is 52.9 Å². The highest BCUT2D eigenvalue weighted by molar-refractivity contribution is 7.80. The molecule has 1 atom stereocenters. The molecule has 1 unspecified atom stereocenters. The third kappa shape index (κ3) is 3.50. The highest BCUT2D eigenvalue weighted by Gasteiger charge is 1.95. The number of amides is 1. The quantitative estimate of drug-likeness (QED) is 0.318. The van der Waals surface area contributed by atoms with Gasteiger partial charge in [0.05, 0.1) is 17.9 Å². The molecule has 0 aromatic carbocycles. The molecule has 0 saturated heterocycles. The van der Waals surface area contributed by atoms with Crippen LogP contribution in [0.4, 0.5) is 0 Å². The minimum atomic E-state index is -0.322. The fourth-order valence-corrected chi connectivity index (χ4v) is 0.366. The second-order valence-corrected chi connectivity index (χ2v) is 1.79. The molecule has 4 heteroatoms. The number of hydrogen-bond donors (Lipinski definition) is 2. The molecule has 0 rings (SSSR count). The van der Waals surface area contributed by atoms with Crippen LogP contribution in [0.25, 0.3) is 0 Å². The fourth-order valence-electron chi connectivity index (χ4n) is 0.224. The Kier molecular flexibility index (Phi) is 4.08. The van der Waals surface area contributed by atoms with Gasteiger partial charge in [-0.25, -0.2) is 0 Å². The van der Waals surface area contributed by atoms with Crippen LogP contribution < -0.4 is 5.32 Å². The summed E-state index contributed by atoms with van der Waals surface area (Å²) in [6.07, 6.45) is 0.761. The van der Waals surface area contributed by atoms with Gasteiger partial charge in [0.2, 0.25) is 6.41 Å². The Morgan fingerprint density at radius 2 is 2.62 bits per heavy atom. The predicted molar refractivity (Wildman–Crippen MR) is 32.2 cm³/mol. The monoisotopic (exact) mass is 130 g/mol. The largest absolute Gasteiger partial charge is 0.346 e. The highest BCUT2D eigenvalue weighted by Crippen LogP contribution is 1.91. The molecule has 1 N–H and O–H groups in total. The van der Waals surface area contributed by atoms with Crippen LogP contribution >= 0.6 is 12.6 Å². The van der Waals surface area contributed by atoms with E-state index in [0.717, 1.165) is 0 Å². The van der Waals surface area contributed by atoms with Gasteiger partial charge in [-0.1, -0.05) is 0 Å². The van der Waals surface area contributed by atoms with E-state index >= 15 is 0 Å². The average molecular weight is 130 g/mol. The van der Waals surface area contributed by atoms with Gasteiger partial charge < -0.3 is 5.32 Å². The summed E-state index contributed by atoms with van der Waals surface area (Å²) in [5.41, 5.74) is 0. The maximum Gasteiger partial charge on any atom is 0.208 e. The highest BCUT2D eigenvalue weighted by atomic mass is 32.1. The lowest BCUT2D eigenvalue weighted by molar-refractivity contribution is -0.109. The Hall–Kier alpha value is -0.690. The van der Waals surface area contributed by atoms with Gasteiger partial charge in [0, 0.05) is 0 Å². The molecule has 0 spiro atoms. The summed E-state index contributed by atoms with van der Waals surface area (Å²) in [4.78, 5) is 9.62. The molecule has 0 bridgehead atoms. The van der Waals surface area contributed by atoms with Gasteiger partial charge in [-0.2, -0.15) is 17.9 Å². The molecule has 0 saturated carbocycles. The zero-order valence-electron chi connectivity index (χ0n) is 4.16. The van der Waals surface area contributed by atoms with Crippen molar-refractivity contribution in [2.75, 3.05) is 0 Å². The molecule has 0 aromatic rings. The van der Waals surface area contributed by atoms with E-state index in [1.807, 2.05) is 6.07 Å². The van der Waals surface area contributed by atoms with Gasteiger partial charge >= 0.3 is 0 Å². The van der Waals surface area contributed by atoms with Crippen molar-refractivity contribution in [3.05, 3.63) is 0 Å². The first-order valence-corrected chi connectivity index (χ1v) is 2.57. The maximum absolute atomic E-state index is 9.62. The smallest absolute Gasteiger partial charge is 0.208 e. The van der Waals surface area contributed by atoms with Gasteiger partial charge in [-0.3, -0.25) is 4.79 Å².